The van der Waals surface area contributed by atoms with E-state index in [0.717, 1.165) is 6.42 Å². The molecule has 12 heavy (non-hydrogen) atoms. The Hall–Kier alpha value is -1.47. The first kappa shape index (κ1) is 7.19. The maximum Gasteiger partial charge on any atom is 0.0448 e. The molecule has 1 aromatic carbocycles. The van der Waals surface area contributed by atoms with Gasteiger partial charge in [-0.1, -0.05) is 35.4 Å². The van der Waals surface area contributed by atoms with E-state index in [-0.39, 0.29) is 7.47 Å². The van der Waals surface area contributed by atoms with Crippen molar-refractivity contribution < 1.29 is 1.43 Å². The minimum absolute atomic E-state index is 0. The Morgan fingerprint density at radius 1 is 1.42 bits per heavy atom. The molecule has 0 N–H and O–H groups in total. The van der Waals surface area contributed by atoms with Gasteiger partial charge in [-0.3, -0.25) is 0 Å². The number of hydrogen-bond acceptors (Lipinski definition) is 1. The zero-order valence-electron chi connectivity index (χ0n) is 6.59. The molecule has 0 saturated heterocycles. The highest BCUT2D eigenvalue weighted by molar-refractivity contribution is 5.27. The zero-order valence-corrected chi connectivity index (χ0v) is 6.59. The average Bonchev–Trinajstić information content (AvgIpc) is 2.87. The number of rotatable bonds is 2. The molecule has 1 aromatic rings. The van der Waals surface area contributed by atoms with Crippen molar-refractivity contribution >= 4 is 0 Å². The first-order valence-electron chi connectivity index (χ1n) is 4.01. The van der Waals surface area contributed by atoms with Gasteiger partial charge in [0.15, 0.2) is 0 Å². The van der Waals surface area contributed by atoms with Crippen molar-refractivity contribution in [3.05, 3.63) is 46.3 Å². The van der Waals surface area contributed by atoms with Crippen molar-refractivity contribution in [3.63, 3.8) is 0 Å². The quantitative estimate of drug-likeness (QED) is 0.364. The van der Waals surface area contributed by atoms with Crippen LogP contribution in [-0.2, 0) is 0 Å². The predicted molar refractivity (Wildman–Crippen MR) is 48.8 cm³/mol. The lowest BCUT2D eigenvalue weighted by Gasteiger charge is -1.94. The molecule has 0 unspecified atom stereocenters. The smallest absolute Gasteiger partial charge is 0.0448 e. The van der Waals surface area contributed by atoms with Crippen LogP contribution in [0.3, 0.4) is 0 Å². The number of hydrogen-bond donors (Lipinski definition) is 0. The first-order valence-corrected chi connectivity index (χ1v) is 4.01. The summed E-state index contributed by atoms with van der Waals surface area (Å²) in [6.07, 6.45) is 1.01. The van der Waals surface area contributed by atoms with Gasteiger partial charge in [0.1, 0.15) is 0 Å². The van der Waals surface area contributed by atoms with Crippen LogP contribution in [0.1, 0.15) is 19.3 Å². The van der Waals surface area contributed by atoms with Gasteiger partial charge >= 0.3 is 0 Å². The fourth-order valence-corrected chi connectivity index (χ4v) is 1.43. The molecule has 2 rings (SSSR count). The largest absolute Gasteiger partial charge is 0.0900 e. The van der Waals surface area contributed by atoms with E-state index in [4.69, 9.17) is 5.53 Å². The Morgan fingerprint density at radius 2 is 2.17 bits per heavy atom. The molecule has 0 radical (unpaired) electrons. The Labute approximate surface area is 72.1 Å². The number of nitrogens with zero attached hydrogens (tertiary/aromatic N) is 3. The van der Waals surface area contributed by atoms with Gasteiger partial charge in [0, 0.05) is 12.4 Å². The lowest BCUT2D eigenvalue weighted by Crippen LogP contribution is -1.81. The van der Waals surface area contributed by atoms with Crippen molar-refractivity contribution in [2.45, 2.75) is 18.4 Å². The second-order valence-corrected chi connectivity index (χ2v) is 3.03. The molecule has 1 fully saturated rings. The van der Waals surface area contributed by atoms with Crippen LogP contribution in [0.2, 0.25) is 0 Å². The van der Waals surface area contributed by atoms with E-state index in [9.17, 15) is 0 Å². The summed E-state index contributed by atoms with van der Waals surface area (Å²) < 4.78 is 0. The summed E-state index contributed by atoms with van der Waals surface area (Å²) in [7, 11) is 0. The Bertz CT molecular complexity index is 319. The Morgan fingerprint density at radius 3 is 2.83 bits per heavy atom. The van der Waals surface area contributed by atoms with Gasteiger partial charge in [0.25, 0.3) is 0 Å². The molecule has 3 nitrogen and oxygen atoms in total. The van der Waals surface area contributed by atoms with Crippen molar-refractivity contribution in [1.82, 2.24) is 0 Å². The molecule has 0 spiro atoms. The van der Waals surface area contributed by atoms with E-state index in [1.807, 2.05) is 18.2 Å². The van der Waals surface area contributed by atoms with Gasteiger partial charge in [0.05, 0.1) is 0 Å². The van der Waals surface area contributed by atoms with Gasteiger partial charge in [-0.15, -0.1) is 0 Å². The van der Waals surface area contributed by atoms with Crippen LogP contribution in [0.25, 0.3) is 10.4 Å². The molecule has 1 saturated carbocycles. The average molecular weight is 162 g/mol. The van der Waals surface area contributed by atoms with Crippen molar-refractivity contribution in [1.29, 1.82) is 0 Å². The van der Waals surface area contributed by atoms with Crippen molar-refractivity contribution in [3.8, 4) is 0 Å². The van der Waals surface area contributed by atoms with Crippen molar-refractivity contribution in [2.75, 3.05) is 0 Å². The molecular weight excluding hydrogens is 150 g/mol. The van der Waals surface area contributed by atoms with E-state index in [1.165, 1.54) is 5.56 Å². The van der Waals surface area contributed by atoms with Crippen LogP contribution < -0.4 is 0 Å². The van der Waals surface area contributed by atoms with Gasteiger partial charge < -0.3 is 0 Å². The lowest BCUT2D eigenvalue weighted by atomic mass is 10.1. The van der Waals surface area contributed by atoms with Crippen LogP contribution in [0.15, 0.2) is 35.4 Å². The van der Waals surface area contributed by atoms with Crippen LogP contribution in [0.4, 0.5) is 0 Å². The molecule has 2 atom stereocenters. The third kappa shape index (κ3) is 1.27. The zero-order chi connectivity index (χ0) is 8.39. The third-order valence-corrected chi connectivity index (χ3v) is 2.18. The highest BCUT2D eigenvalue weighted by Crippen LogP contribution is 2.43. The minimum Gasteiger partial charge on any atom is -0.0900 e. The highest BCUT2D eigenvalue weighted by atomic mass is 15.2. The summed E-state index contributed by atoms with van der Waals surface area (Å²) in [4.78, 5) is 2.80. The van der Waals surface area contributed by atoms with E-state index >= 15 is 0 Å². The molecular formula is C9H11N3. The molecule has 0 bridgehead atoms. The topological polar surface area (TPSA) is 48.8 Å². The van der Waals surface area contributed by atoms with E-state index < -0.39 is 0 Å². The maximum absolute atomic E-state index is 8.20. The Kier molecular flexibility index (Phi) is 1.72. The first-order chi connectivity index (χ1) is 5.92. The lowest BCUT2D eigenvalue weighted by molar-refractivity contribution is 0.975. The summed E-state index contributed by atoms with van der Waals surface area (Å²) in [6.45, 7) is 0. The van der Waals surface area contributed by atoms with Gasteiger partial charge in [0.2, 0.25) is 0 Å². The van der Waals surface area contributed by atoms with Gasteiger partial charge in [-0.05, 0) is 23.4 Å². The summed E-state index contributed by atoms with van der Waals surface area (Å²) in [5.41, 5.74) is 9.49. The Balaban J connectivity index is 0.000000845. The monoisotopic (exact) mass is 162 g/mol. The highest BCUT2D eigenvalue weighted by Gasteiger charge is 2.37. The van der Waals surface area contributed by atoms with Crippen molar-refractivity contribution in [2.24, 2.45) is 5.11 Å². The summed E-state index contributed by atoms with van der Waals surface area (Å²) in [5.74, 6) is 0.474. The third-order valence-electron chi connectivity index (χ3n) is 2.18. The fraction of sp³-hybridized carbons (Fsp3) is 0.333. The summed E-state index contributed by atoms with van der Waals surface area (Å²) in [6, 6.07) is 10.4. The molecule has 0 aromatic heterocycles. The molecule has 1 aliphatic carbocycles. The maximum atomic E-state index is 8.20. The summed E-state index contributed by atoms with van der Waals surface area (Å²) >= 11 is 0. The molecule has 1 aliphatic rings. The summed E-state index contributed by atoms with van der Waals surface area (Å²) in [5, 5.41) is 3.67. The molecule has 0 aliphatic heterocycles. The number of azide groups is 1. The standard InChI is InChI=1S/C9H9N3.H2/c10-12-11-9-6-8(9)7-4-2-1-3-5-7;/h1-5,8-9H,6H2;1H/t8-,9+;/m0./s1/i;1+1. The van der Waals surface area contributed by atoms with Crippen LogP contribution in [0, 0.1) is 0 Å². The van der Waals surface area contributed by atoms with Gasteiger partial charge in [-0.2, -0.15) is 0 Å². The SMILES string of the molecule is [2HH].[N-]=[N+]=N[C@@H]1C[C@H]1c1ccccc1. The second kappa shape index (κ2) is 2.88. The normalized spacial score (nSPS) is 26.0. The van der Waals surface area contributed by atoms with Gasteiger partial charge in [-0.25, -0.2) is 0 Å². The second-order valence-electron chi connectivity index (χ2n) is 3.03. The van der Waals surface area contributed by atoms with Crippen LogP contribution >= 0.6 is 0 Å². The molecule has 0 amide bonds. The van der Waals surface area contributed by atoms with Crippen LogP contribution in [-0.4, -0.2) is 6.04 Å². The van der Waals surface area contributed by atoms with Crippen LogP contribution in [0.5, 0.6) is 0 Å². The van der Waals surface area contributed by atoms with E-state index in [0.29, 0.717) is 5.92 Å². The van der Waals surface area contributed by atoms with E-state index in [1.54, 1.807) is 0 Å². The molecule has 3 heteroatoms. The molecule has 0 heterocycles. The predicted octanol–water partition coefficient (Wildman–Crippen LogP) is 3.10. The number of benzene rings is 1. The van der Waals surface area contributed by atoms with E-state index in [2.05, 4.69) is 22.2 Å². The fourth-order valence-electron chi connectivity index (χ4n) is 1.43. The molecule has 62 valence electrons. The minimum atomic E-state index is 0.